The van der Waals surface area contributed by atoms with E-state index >= 15 is 0 Å². The van der Waals surface area contributed by atoms with Gasteiger partial charge in [0.15, 0.2) is 0 Å². The van der Waals surface area contributed by atoms with Gasteiger partial charge in [-0.05, 0) is 49.9 Å². The first-order valence-electron chi connectivity index (χ1n) is 9.38. The molecule has 3 nitrogen and oxygen atoms in total. The summed E-state index contributed by atoms with van der Waals surface area (Å²) in [5.41, 5.74) is 3.94. The van der Waals surface area contributed by atoms with E-state index < -0.39 is 0 Å². The molecule has 0 fully saturated rings. The van der Waals surface area contributed by atoms with Crippen molar-refractivity contribution in [3.05, 3.63) is 59.2 Å². The highest BCUT2D eigenvalue weighted by Gasteiger charge is 2.06. The molecule has 25 heavy (non-hydrogen) atoms. The van der Waals surface area contributed by atoms with Gasteiger partial charge in [-0.25, -0.2) is 0 Å². The highest BCUT2D eigenvalue weighted by molar-refractivity contribution is 5.40. The first-order chi connectivity index (χ1) is 12.2. The molecule has 0 heterocycles. The van der Waals surface area contributed by atoms with Crippen molar-refractivity contribution in [2.75, 3.05) is 19.8 Å². The summed E-state index contributed by atoms with van der Waals surface area (Å²) >= 11 is 0. The molecule has 136 valence electrons. The summed E-state index contributed by atoms with van der Waals surface area (Å²) in [6.07, 6.45) is 3.04. The summed E-state index contributed by atoms with van der Waals surface area (Å²) in [6.45, 7) is 9.62. The normalized spacial score (nSPS) is 10.7. The number of hydrogen-bond acceptors (Lipinski definition) is 3. The van der Waals surface area contributed by atoms with Gasteiger partial charge in [0, 0.05) is 18.2 Å². The molecule has 0 bridgehead atoms. The fraction of sp³-hybridized carbons (Fsp3) is 0.455. The Labute approximate surface area is 152 Å². The van der Waals surface area contributed by atoms with E-state index in [4.69, 9.17) is 9.47 Å². The molecule has 0 spiro atoms. The van der Waals surface area contributed by atoms with Gasteiger partial charge in [0.05, 0.1) is 13.2 Å². The van der Waals surface area contributed by atoms with Crippen molar-refractivity contribution in [3.63, 3.8) is 0 Å². The van der Waals surface area contributed by atoms with Gasteiger partial charge in [0.1, 0.15) is 11.5 Å². The highest BCUT2D eigenvalue weighted by atomic mass is 16.5. The molecular weight excluding hydrogens is 310 g/mol. The van der Waals surface area contributed by atoms with E-state index in [-0.39, 0.29) is 0 Å². The molecule has 1 N–H and O–H groups in total. The second kappa shape index (κ2) is 10.8. The predicted molar refractivity (Wildman–Crippen MR) is 105 cm³/mol. The van der Waals surface area contributed by atoms with Gasteiger partial charge in [-0.2, -0.15) is 0 Å². The average molecular weight is 341 g/mol. The molecule has 0 aromatic heterocycles. The Hall–Kier alpha value is -2.00. The number of benzene rings is 2. The highest BCUT2D eigenvalue weighted by Crippen LogP contribution is 2.25. The average Bonchev–Trinajstić information content (AvgIpc) is 2.64. The quantitative estimate of drug-likeness (QED) is 0.589. The first kappa shape index (κ1) is 19.3. The van der Waals surface area contributed by atoms with Gasteiger partial charge in [-0.3, -0.25) is 0 Å². The van der Waals surface area contributed by atoms with Crippen LogP contribution >= 0.6 is 0 Å². The van der Waals surface area contributed by atoms with Crippen LogP contribution in [0.5, 0.6) is 11.5 Å². The lowest BCUT2D eigenvalue weighted by Crippen LogP contribution is -2.17. The Morgan fingerprint density at radius 3 is 2.40 bits per heavy atom. The number of aryl methyl sites for hydroxylation is 1. The van der Waals surface area contributed by atoms with Crippen LogP contribution in [0.1, 0.15) is 43.4 Å². The Balaban J connectivity index is 1.91. The Morgan fingerprint density at radius 1 is 0.880 bits per heavy atom. The summed E-state index contributed by atoms with van der Waals surface area (Å²) in [5, 5.41) is 3.54. The number of hydrogen-bond donors (Lipinski definition) is 1. The zero-order chi connectivity index (χ0) is 17.9. The van der Waals surface area contributed by atoms with Crippen LogP contribution < -0.4 is 14.8 Å². The molecule has 0 aliphatic rings. The second-order valence-electron chi connectivity index (χ2n) is 6.32. The summed E-state index contributed by atoms with van der Waals surface area (Å²) in [7, 11) is 0. The zero-order valence-electron chi connectivity index (χ0n) is 15.8. The van der Waals surface area contributed by atoms with Crippen LogP contribution in [0.4, 0.5) is 0 Å². The van der Waals surface area contributed by atoms with Crippen LogP contribution in [0.15, 0.2) is 42.5 Å². The standard InChI is InChI=1S/C22H31NO2/c1-4-14-24-21-11-10-20(22(16-21)25-15-5-2)17-23-13-12-19-9-7-6-8-18(19)3/h6-11,16,23H,4-5,12-15,17H2,1-3H3. The topological polar surface area (TPSA) is 30.5 Å². The third-order valence-electron chi connectivity index (χ3n) is 4.12. The molecule has 2 aromatic rings. The van der Waals surface area contributed by atoms with Gasteiger partial charge in [-0.15, -0.1) is 0 Å². The molecule has 2 aromatic carbocycles. The van der Waals surface area contributed by atoms with Crippen LogP contribution in [0, 0.1) is 6.92 Å². The zero-order valence-corrected chi connectivity index (χ0v) is 15.8. The lowest BCUT2D eigenvalue weighted by atomic mass is 10.1. The molecule has 0 saturated carbocycles. The minimum atomic E-state index is 0.730. The molecule has 0 aliphatic carbocycles. The SMILES string of the molecule is CCCOc1ccc(CNCCc2ccccc2C)c(OCCC)c1. The second-order valence-corrected chi connectivity index (χ2v) is 6.32. The largest absolute Gasteiger partial charge is 0.493 e. The fourth-order valence-electron chi connectivity index (χ4n) is 2.67. The van der Waals surface area contributed by atoms with Crippen LogP contribution in [0.3, 0.4) is 0 Å². The van der Waals surface area contributed by atoms with Crippen molar-refractivity contribution in [1.82, 2.24) is 5.32 Å². The maximum atomic E-state index is 5.92. The first-order valence-corrected chi connectivity index (χ1v) is 9.38. The Bertz CT molecular complexity index is 640. The number of ether oxygens (including phenoxy) is 2. The molecule has 0 atom stereocenters. The van der Waals surface area contributed by atoms with Crippen molar-refractivity contribution < 1.29 is 9.47 Å². The third-order valence-corrected chi connectivity index (χ3v) is 4.12. The maximum Gasteiger partial charge on any atom is 0.127 e. The summed E-state index contributed by atoms with van der Waals surface area (Å²) in [4.78, 5) is 0. The maximum absolute atomic E-state index is 5.92. The van der Waals surface area contributed by atoms with Crippen molar-refractivity contribution >= 4 is 0 Å². The lowest BCUT2D eigenvalue weighted by Gasteiger charge is -2.14. The van der Waals surface area contributed by atoms with Crippen molar-refractivity contribution in [3.8, 4) is 11.5 Å². The summed E-state index contributed by atoms with van der Waals surface area (Å²) in [6, 6.07) is 14.7. The van der Waals surface area contributed by atoms with E-state index in [1.807, 2.05) is 12.1 Å². The summed E-state index contributed by atoms with van der Waals surface area (Å²) < 4.78 is 11.6. The molecular formula is C22H31NO2. The van der Waals surface area contributed by atoms with Gasteiger partial charge < -0.3 is 14.8 Å². The van der Waals surface area contributed by atoms with E-state index in [0.29, 0.717) is 0 Å². The van der Waals surface area contributed by atoms with Gasteiger partial charge in [0.2, 0.25) is 0 Å². The summed E-state index contributed by atoms with van der Waals surface area (Å²) in [5.74, 6) is 1.82. The van der Waals surface area contributed by atoms with Crippen LogP contribution in [0.2, 0.25) is 0 Å². The van der Waals surface area contributed by atoms with Gasteiger partial charge in [-0.1, -0.05) is 44.2 Å². The van der Waals surface area contributed by atoms with Crippen LogP contribution in [-0.4, -0.2) is 19.8 Å². The molecule has 0 aliphatic heterocycles. The van der Waals surface area contributed by atoms with Crippen LogP contribution in [-0.2, 0) is 13.0 Å². The smallest absolute Gasteiger partial charge is 0.127 e. The lowest BCUT2D eigenvalue weighted by molar-refractivity contribution is 0.299. The number of rotatable bonds is 11. The van der Waals surface area contributed by atoms with Crippen molar-refractivity contribution in [2.24, 2.45) is 0 Å². The molecule has 0 amide bonds. The molecule has 0 saturated heterocycles. The van der Waals surface area contributed by atoms with Crippen molar-refractivity contribution in [2.45, 2.75) is 46.6 Å². The fourth-order valence-corrected chi connectivity index (χ4v) is 2.67. The Morgan fingerprint density at radius 2 is 1.64 bits per heavy atom. The monoisotopic (exact) mass is 341 g/mol. The van der Waals surface area contributed by atoms with Crippen LogP contribution in [0.25, 0.3) is 0 Å². The van der Waals surface area contributed by atoms with Gasteiger partial charge in [0.25, 0.3) is 0 Å². The number of nitrogens with one attached hydrogen (secondary N) is 1. The molecule has 0 unspecified atom stereocenters. The van der Waals surface area contributed by atoms with E-state index in [0.717, 1.165) is 57.1 Å². The van der Waals surface area contributed by atoms with E-state index in [1.54, 1.807) is 0 Å². The van der Waals surface area contributed by atoms with E-state index in [9.17, 15) is 0 Å². The Kier molecular flexibility index (Phi) is 8.33. The minimum absolute atomic E-state index is 0.730. The van der Waals surface area contributed by atoms with Gasteiger partial charge >= 0.3 is 0 Å². The predicted octanol–water partition coefficient (Wildman–Crippen LogP) is 4.90. The van der Waals surface area contributed by atoms with Crippen molar-refractivity contribution in [1.29, 1.82) is 0 Å². The van der Waals surface area contributed by atoms with E-state index in [1.165, 1.54) is 16.7 Å². The third kappa shape index (κ3) is 6.43. The molecule has 0 radical (unpaired) electrons. The van der Waals surface area contributed by atoms with E-state index in [2.05, 4.69) is 56.4 Å². The molecule has 3 heteroatoms. The minimum Gasteiger partial charge on any atom is -0.493 e. The molecule has 2 rings (SSSR count).